The van der Waals surface area contributed by atoms with Crippen LogP contribution in [-0.4, -0.2) is 48.4 Å². The topological polar surface area (TPSA) is 66.9 Å². The van der Waals surface area contributed by atoms with Gasteiger partial charge in [0, 0.05) is 6.54 Å². The summed E-state index contributed by atoms with van der Waals surface area (Å²) in [5.74, 6) is -1.07. The molecule has 6 nitrogen and oxygen atoms in total. The SMILES string of the molecule is CCOC(=O)[C@@H]1CCCN([C@H]2CC(=O)N(c3ccc(Cl)c(Cl)c3)C2=O)C1. The van der Waals surface area contributed by atoms with E-state index < -0.39 is 6.04 Å². The minimum Gasteiger partial charge on any atom is -0.466 e. The number of likely N-dealkylation sites (tertiary alicyclic amines) is 1. The number of imide groups is 1. The molecule has 0 bridgehead atoms. The van der Waals surface area contributed by atoms with Crippen molar-refractivity contribution in [2.45, 2.75) is 32.2 Å². The van der Waals surface area contributed by atoms with Crippen LogP contribution in [0.2, 0.25) is 10.0 Å². The lowest BCUT2D eigenvalue weighted by atomic mass is 9.96. The van der Waals surface area contributed by atoms with E-state index in [-0.39, 0.29) is 35.1 Å². The second-order valence-corrected chi connectivity index (χ2v) is 7.29. The first kappa shape index (κ1) is 19.1. The molecule has 0 aliphatic carbocycles. The van der Waals surface area contributed by atoms with Gasteiger partial charge in [0.1, 0.15) is 0 Å². The zero-order valence-corrected chi connectivity index (χ0v) is 15.9. The molecule has 0 aromatic heterocycles. The summed E-state index contributed by atoms with van der Waals surface area (Å²) in [5, 5.41) is 0.646. The van der Waals surface area contributed by atoms with Gasteiger partial charge in [0.2, 0.25) is 5.91 Å². The quantitative estimate of drug-likeness (QED) is 0.576. The van der Waals surface area contributed by atoms with Crippen molar-refractivity contribution in [3.8, 4) is 0 Å². The summed E-state index contributed by atoms with van der Waals surface area (Å²) in [6.45, 7) is 3.21. The van der Waals surface area contributed by atoms with Crippen molar-refractivity contribution in [3.63, 3.8) is 0 Å². The summed E-state index contributed by atoms with van der Waals surface area (Å²) in [7, 11) is 0. The number of amides is 2. The Morgan fingerprint density at radius 3 is 2.73 bits per heavy atom. The number of hydrogen-bond donors (Lipinski definition) is 0. The molecule has 3 rings (SSSR count). The van der Waals surface area contributed by atoms with Gasteiger partial charge < -0.3 is 4.74 Å². The number of ether oxygens (including phenoxy) is 1. The summed E-state index contributed by atoms with van der Waals surface area (Å²) in [6, 6.07) is 4.11. The second-order valence-electron chi connectivity index (χ2n) is 6.47. The lowest BCUT2D eigenvalue weighted by Gasteiger charge is -2.34. The molecule has 2 atom stereocenters. The maximum Gasteiger partial charge on any atom is 0.310 e. The highest BCUT2D eigenvalue weighted by Gasteiger charge is 2.44. The number of piperidine rings is 1. The molecule has 0 saturated carbocycles. The average molecular weight is 399 g/mol. The zero-order valence-electron chi connectivity index (χ0n) is 14.4. The standard InChI is InChI=1S/C18H20Cl2N2O4/c1-2-26-18(25)11-4-3-7-21(10-11)15-9-16(23)22(17(15)24)12-5-6-13(19)14(20)8-12/h5-6,8,11,15H,2-4,7,9-10H2,1H3/t11-,15+/m1/s1. The van der Waals surface area contributed by atoms with Crippen molar-refractivity contribution in [1.82, 2.24) is 4.90 Å². The molecule has 140 valence electrons. The van der Waals surface area contributed by atoms with Gasteiger partial charge in [-0.05, 0) is 44.5 Å². The van der Waals surface area contributed by atoms with E-state index in [1.807, 2.05) is 4.90 Å². The number of carbonyl (C=O) groups is 3. The van der Waals surface area contributed by atoms with E-state index in [4.69, 9.17) is 27.9 Å². The fourth-order valence-electron chi connectivity index (χ4n) is 3.54. The van der Waals surface area contributed by atoms with E-state index in [1.54, 1.807) is 19.1 Å². The van der Waals surface area contributed by atoms with Gasteiger partial charge in [0.15, 0.2) is 0 Å². The Kier molecular flexibility index (Phi) is 5.85. The van der Waals surface area contributed by atoms with Crippen molar-refractivity contribution in [3.05, 3.63) is 28.2 Å². The maximum atomic E-state index is 12.9. The molecule has 1 aromatic carbocycles. The molecule has 2 aliphatic rings. The second kappa shape index (κ2) is 7.94. The molecular weight excluding hydrogens is 379 g/mol. The Morgan fingerprint density at radius 2 is 2.04 bits per heavy atom. The van der Waals surface area contributed by atoms with E-state index in [2.05, 4.69) is 0 Å². The number of esters is 1. The van der Waals surface area contributed by atoms with Crippen LogP contribution < -0.4 is 4.90 Å². The Bertz CT molecular complexity index is 740. The van der Waals surface area contributed by atoms with Crippen LogP contribution >= 0.6 is 23.2 Å². The van der Waals surface area contributed by atoms with E-state index in [9.17, 15) is 14.4 Å². The normalized spacial score (nSPS) is 24.2. The lowest BCUT2D eigenvalue weighted by molar-refractivity contribution is -0.150. The van der Waals surface area contributed by atoms with Crippen LogP contribution in [0.5, 0.6) is 0 Å². The Balaban J connectivity index is 1.75. The predicted octanol–water partition coefficient (Wildman–Crippen LogP) is 2.90. The molecule has 0 radical (unpaired) electrons. The molecule has 0 N–H and O–H groups in total. The summed E-state index contributed by atoms with van der Waals surface area (Å²) in [6.07, 6.45) is 1.61. The number of rotatable bonds is 4. The summed E-state index contributed by atoms with van der Waals surface area (Å²) in [4.78, 5) is 40.4. The van der Waals surface area contributed by atoms with Gasteiger partial charge in [-0.1, -0.05) is 23.2 Å². The van der Waals surface area contributed by atoms with E-state index in [1.165, 1.54) is 6.07 Å². The van der Waals surface area contributed by atoms with Gasteiger partial charge in [-0.25, -0.2) is 4.90 Å². The average Bonchev–Trinajstić information content (AvgIpc) is 2.92. The minimum atomic E-state index is -0.561. The van der Waals surface area contributed by atoms with Gasteiger partial charge in [-0.3, -0.25) is 19.3 Å². The Labute approximate surface area is 162 Å². The first-order chi connectivity index (χ1) is 12.4. The van der Waals surface area contributed by atoms with Crippen LogP contribution in [-0.2, 0) is 19.1 Å². The van der Waals surface area contributed by atoms with E-state index >= 15 is 0 Å². The maximum absolute atomic E-state index is 12.9. The van der Waals surface area contributed by atoms with Gasteiger partial charge in [0.05, 0.1) is 40.7 Å². The largest absolute Gasteiger partial charge is 0.466 e. The highest BCUT2D eigenvalue weighted by molar-refractivity contribution is 6.42. The number of anilines is 1. The number of nitrogens with zero attached hydrogens (tertiary/aromatic N) is 2. The van der Waals surface area contributed by atoms with Gasteiger partial charge in [-0.2, -0.15) is 0 Å². The fourth-order valence-corrected chi connectivity index (χ4v) is 3.83. The molecule has 1 aromatic rings. The minimum absolute atomic E-state index is 0.0919. The van der Waals surface area contributed by atoms with Crippen molar-refractivity contribution in [1.29, 1.82) is 0 Å². The lowest BCUT2D eigenvalue weighted by Crippen LogP contribution is -2.48. The smallest absolute Gasteiger partial charge is 0.310 e. The molecule has 8 heteroatoms. The van der Waals surface area contributed by atoms with Crippen LogP contribution in [0, 0.1) is 5.92 Å². The van der Waals surface area contributed by atoms with Gasteiger partial charge in [-0.15, -0.1) is 0 Å². The number of hydrogen-bond acceptors (Lipinski definition) is 5. The number of carbonyl (C=O) groups excluding carboxylic acids is 3. The van der Waals surface area contributed by atoms with Crippen LogP contribution in [0.25, 0.3) is 0 Å². The van der Waals surface area contributed by atoms with Crippen LogP contribution in [0.3, 0.4) is 0 Å². The number of benzene rings is 1. The van der Waals surface area contributed by atoms with Crippen molar-refractivity contribution in [2.75, 3.05) is 24.6 Å². The van der Waals surface area contributed by atoms with Crippen molar-refractivity contribution < 1.29 is 19.1 Å². The molecule has 2 saturated heterocycles. The Morgan fingerprint density at radius 1 is 1.27 bits per heavy atom. The monoisotopic (exact) mass is 398 g/mol. The summed E-state index contributed by atoms with van der Waals surface area (Å²) in [5.41, 5.74) is 0.413. The molecule has 2 aliphatic heterocycles. The zero-order chi connectivity index (χ0) is 18.8. The first-order valence-corrected chi connectivity index (χ1v) is 9.40. The third-order valence-corrected chi connectivity index (χ3v) is 5.54. The summed E-state index contributed by atoms with van der Waals surface area (Å²) >= 11 is 11.9. The number of halogens is 2. The summed E-state index contributed by atoms with van der Waals surface area (Å²) < 4.78 is 5.10. The molecule has 2 heterocycles. The molecular formula is C18H20Cl2N2O4. The Hall–Kier alpha value is -1.63. The highest BCUT2D eigenvalue weighted by Crippen LogP contribution is 2.32. The fraction of sp³-hybridized carbons (Fsp3) is 0.500. The molecule has 2 fully saturated rings. The van der Waals surface area contributed by atoms with Crippen LogP contribution in [0.15, 0.2) is 18.2 Å². The van der Waals surface area contributed by atoms with Gasteiger partial charge in [0.25, 0.3) is 5.91 Å². The first-order valence-electron chi connectivity index (χ1n) is 8.65. The molecule has 26 heavy (non-hydrogen) atoms. The van der Waals surface area contributed by atoms with Crippen molar-refractivity contribution >= 4 is 46.7 Å². The van der Waals surface area contributed by atoms with E-state index in [0.717, 1.165) is 17.7 Å². The molecule has 0 spiro atoms. The van der Waals surface area contributed by atoms with Crippen LogP contribution in [0.4, 0.5) is 5.69 Å². The molecule has 0 unspecified atom stereocenters. The van der Waals surface area contributed by atoms with Crippen molar-refractivity contribution in [2.24, 2.45) is 5.92 Å². The van der Waals surface area contributed by atoms with E-state index in [0.29, 0.717) is 30.4 Å². The predicted molar refractivity (Wildman–Crippen MR) is 98.3 cm³/mol. The van der Waals surface area contributed by atoms with Gasteiger partial charge >= 0.3 is 5.97 Å². The van der Waals surface area contributed by atoms with Crippen LogP contribution in [0.1, 0.15) is 26.2 Å². The highest BCUT2D eigenvalue weighted by atomic mass is 35.5. The third-order valence-electron chi connectivity index (χ3n) is 4.80. The third kappa shape index (κ3) is 3.72. The molecule has 2 amide bonds.